The van der Waals surface area contributed by atoms with Gasteiger partial charge in [-0.1, -0.05) is 59.1 Å². The fourth-order valence-electron chi connectivity index (χ4n) is 4.27. The van der Waals surface area contributed by atoms with Crippen molar-refractivity contribution in [1.82, 2.24) is 5.32 Å². The van der Waals surface area contributed by atoms with Crippen LogP contribution < -0.4 is 15.5 Å². The molecule has 2 N–H and O–H groups in total. The van der Waals surface area contributed by atoms with E-state index in [2.05, 4.69) is 10.6 Å². The lowest BCUT2D eigenvalue weighted by molar-refractivity contribution is -0.121. The number of thioether (sulfide) groups is 1. The highest BCUT2D eigenvalue weighted by Crippen LogP contribution is 2.35. The summed E-state index contributed by atoms with van der Waals surface area (Å²) in [5.41, 5.74) is 1.58. The molecule has 216 valence electrons. The SMILES string of the molecule is O=C(Nc1ccc(SC2CC(=O)N(c3ccc(Cl)cc3)C2=O)cc1)/C(=C/c1c(Cl)cccc1Cl)NC(=O)c1ccccc1. The molecular weight excluding hydrogens is 629 g/mol. The average molecular weight is 651 g/mol. The second kappa shape index (κ2) is 13.5. The van der Waals surface area contributed by atoms with Crippen LogP contribution in [0.2, 0.25) is 15.1 Å². The van der Waals surface area contributed by atoms with Gasteiger partial charge in [0.25, 0.3) is 11.8 Å². The number of benzene rings is 4. The van der Waals surface area contributed by atoms with Crippen molar-refractivity contribution >= 4 is 87.6 Å². The molecule has 0 aliphatic carbocycles. The van der Waals surface area contributed by atoms with Crippen molar-refractivity contribution in [2.45, 2.75) is 16.6 Å². The van der Waals surface area contributed by atoms with E-state index in [0.717, 1.165) is 4.90 Å². The van der Waals surface area contributed by atoms with Gasteiger partial charge in [-0.25, -0.2) is 4.90 Å². The fraction of sp³-hybridized carbons (Fsp3) is 0.0625. The van der Waals surface area contributed by atoms with E-state index in [-0.39, 0.29) is 23.9 Å². The van der Waals surface area contributed by atoms with Crippen LogP contribution in [0.1, 0.15) is 22.3 Å². The number of nitrogens with one attached hydrogen (secondary N) is 2. The van der Waals surface area contributed by atoms with Gasteiger partial charge in [0.05, 0.1) is 10.9 Å². The predicted molar refractivity (Wildman–Crippen MR) is 172 cm³/mol. The zero-order chi connectivity index (χ0) is 30.5. The van der Waals surface area contributed by atoms with Crippen LogP contribution in [0.25, 0.3) is 6.08 Å². The quantitative estimate of drug-likeness (QED) is 0.152. The first kappa shape index (κ1) is 30.4. The molecule has 1 fully saturated rings. The summed E-state index contributed by atoms with van der Waals surface area (Å²) in [5, 5.41) is 5.96. The van der Waals surface area contributed by atoms with E-state index in [1.807, 2.05) is 0 Å². The summed E-state index contributed by atoms with van der Waals surface area (Å²) in [6.07, 6.45) is 1.48. The van der Waals surface area contributed by atoms with E-state index in [1.165, 1.54) is 22.7 Å². The smallest absolute Gasteiger partial charge is 0.272 e. The molecule has 1 aliphatic rings. The van der Waals surface area contributed by atoms with Gasteiger partial charge in [0.15, 0.2) is 0 Å². The number of hydrogen-bond acceptors (Lipinski definition) is 5. The molecule has 7 nitrogen and oxygen atoms in total. The minimum absolute atomic E-state index is 0.0600. The van der Waals surface area contributed by atoms with E-state index >= 15 is 0 Å². The minimum atomic E-state index is -0.601. The molecule has 0 aromatic heterocycles. The summed E-state index contributed by atoms with van der Waals surface area (Å²) in [6, 6.07) is 26.7. The molecule has 1 heterocycles. The van der Waals surface area contributed by atoms with E-state index in [9.17, 15) is 19.2 Å². The number of rotatable bonds is 8. The molecule has 1 aliphatic heterocycles. The summed E-state index contributed by atoms with van der Waals surface area (Å²) in [7, 11) is 0. The van der Waals surface area contributed by atoms with Gasteiger partial charge < -0.3 is 10.6 Å². The summed E-state index contributed by atoms with van der Waals surface area (Å²) < 4.78 is 0. The van der Waals surface area contributed by atoms with Gasteiger partial charge in [-0.2, -0.15) is 0 Å². The number of carbonyl (C=O) groups is 4. The molecular formula is C32H22Cl3N3O4S. The van der Waals surface area contributed by atoms with Crippen molar-refractivity contribution in [2.24, 2.45) is 0 Å². The van der Waals surface area contributed by atoms with Crippen molar-refractivity contribution in [1.29, 1.82) is 0 Å². The largest absolute Gasteiger partial charge is 0.321 e. The van der Waals surface area contributed by atoms with Crippen molar-refractivity contribution in [2.75, 3.05) is 10.2 Å². The molecule has 0 spiro atoms. The number of halogens is 3. The van der Waals surface area contributed by atoms with Crippen molar-refractivity contribution in [3.05, 3.63) is 129 Å². The van der Waals surface area contributed by atoms with Crippen molar-refractivity contribution < 1.29 is 19.2 Å². The second-order valence-electron chi connectivity index (χ2n) is 9.35. The summed E-state index contributed by atoms with van der Waals surface area (Å²) >= 11 is 19.8. The lowest BCUT2D eigenvalue weighted by Crippen LogP contribution is -2.31. The van der Waals surface area contributed by atoms with Gasteiger partial charge in [0.1, 0.15) is 5.70 Å². The van der Waals surface area contributed by atoms with Gasteiger partial charge in [-0.05, 0) is 78.9 Å². The highest BCUT2D eigenvalue weighted by atomic mass is 35.5. The number of hydrogen-bond donors (Lipinski definition) is 2. The molecule has 11 heteroatoms. The summed E-state index contributed by atoms with van der Waals surface area (Å²) in [5.74, 6) is -1.68. The third-order valence-corrected chi connectivity index (χ3v) is 8.51. The minimum Gasteiger partial charge on any atom is -0.321 e. The van der Waals surface area contributed by atoms with E-state index in [0.29, 0.717) is 37.6 Å². The molecule has 4 amide bonds. The highest BCUT2D eigenvalue weighted by molar-refractivity contribution is 8.00. The van der Waals surface area contributed by atoms with Crippen LogP contribution in [0.5, 0.6) is 0 Å². The Balaban J connectivity index is 1.30. The van der Waals surface area contributed by atoms with Gasteiger partial charge in [-0.15, -0.1) is 11.8 Å². The van der Waals surface area contributed by atoms with E-state index in [1.54, 1.807) is 97.1 Å². The molecule has 0 saturated carbocycles. The Morgan fingerprint density at radius 2 is 1.47 bits per heavy atom. The number of anilines is 2. The maximum Gasteiger partial charge on any atom is 0.272 e. The zero-order valence-corrected chi connectivity index (χ0v) is 25.3. The van der Waals surface area contributed by atoms with Crippen LogP contribution in [0.15, 0.2) is 108 Å². The fourth-order valence-corrected chi connectivity index (χ4v) is 5.96. The standard InChI is InChI=1S/C32H22Cl3N3O4S/c33-20-9-13-22(14-10-20)38-29(39)18-28(32(38)42)43-23-15-11-21(12-16-23)36-31(41)27(17-24-25(34)7-4-8-26(24)35)37-30(40)19-5-2-1-3-6-19/h1-17,28H,18H2,(H,36,41)(H,37,40)/b27-17-. The first-order valence-corrected chi connectivity index (χ1v) is 14.9. The zero-order valence-electron chi connectivity index (χ0n) is 22.2. The normalized spacial score (nSPS) is 15.0. The Morgan fingerprint density at radius 1 is 0.814 bits per heavy atom. The van der Waals surface area contributed by atoms with E-state index < -0.39 is 17.1 Å². The maximum absolute atomic E-state index is 13.4. The monoisotopic (exact) mass is 649 g/mol. The van der Waals surface area contributed by atoms with Crippen molar-refractivity contribution in [3.8, 4) is 0 Å². The Hall–Kier alpha value is -4.08. The molecule has 1 unspecified atom stereocenters. The van der Waals surface area contributed by atoms with Crippen LogP contribution in [-0.2, 0) is 14.4 Å². The summed E-state index contributed by atoms with van der Waals surface area (Å²) in [6.45, 7) is 0. The van der Waals surface area contributed by atoms with Crippen LogP contribution in [0.3, 0.4) is 0 Å². The van der Waals surface area contributed by atoms with Crippen LogP contribution in [0.4, 0.5) is 11.4 Å². The molecule has 4 aromatic rings. The summed E-state index contributed by atoms with van der Waals surface area (Å²) in [4.78, 5) is 53.8. The third kappa shape index (κ3) is 7.29. The Labute approximate surface area is 266 Å². The lowest BCUT2D eigenvalue weighted by atomic mass is 10.1. The molecule has 43 heavy (non-hydrogen) atoms. The molecule has 1 saturated heterocycles. The average Bonchev–Trinajstić information content (AvgIpc) is 3.28. The number of imide groups is 1. The first-order valence-electron chi connectivity index (χ1n) is 12.9. The second-order valence-corrected chi connectivity index (χ2v) is 11.9. The Morgan fingerprint density at radius 3 is 2.12 bits per heavy atom. The third-order valence-electron chi connectivity index (χ3n) is 6.40. The molecule has 0 radical (unpaired) electrons. The van der Waals surface area contributed by atoms with Gasteiger partial charge in [0.2, 0.25) is 11.8 Å². The number of nitrogens with zero attached hydrogens (tertiary/aromatic N) is 1. The molecule has 0 bridgehead atoms. The van der Waals surface area contributed by atoms with Gasteiger partial charge in [-0.3, -0.25) is 19.2 Å². The van der Waals surface area contributed by atoms with Crippen LogP contribution in [-0.4, -0.2) is 28.9 Å². The lowest BCUT2D eigenvalue weighted by Gasteiger charge is -2.15. The van der Waals surface area contributed by atoms with E-state index in [4.69, 9.17) is 34.8 Å². The first-order chi connectivity index (χ1) is 20.7. The van der Waals surface area contributed by atoms with Crippen molar-refractivity contribution in [3.63, 3.8) is 0 Å². The van der Waals surface area contributed by atoms with Crippen LogP contribution >= 0.6 is 46.6 Å². The Kier molecular flexibility index (Phi) is 9.52. The van der Waals surface area contributed by atoms with Crippen LogP contribution in [0, 0.1) is 0 Å². The van der Waals surface area contributed by atoms with Gasteiger partial charge in [0, 0.05) is 43.2 Å². The van der Waals surface area contributed by atoms with Gasteiger partial charge >= 0.3 is 0 Å². The topological polar surface area (TPSA) is 95.6 Å². The Bertz CT molecular complexity index is 1710. The number of carbonyl (C=O) groups excluding carboxylic acids is 4. The molecule has 5 rings (SSSR count). The predicted octanol–water partition coefficient (Wildman–Crippen LogP) is 7.48. The molecule has 4 aromatic carbocycles. The maximum atomic E-state index is 13.4. The molecule has 1 atom stereocenters. The number of amides is 4. The highest BCUT2D eigenvalue weighted by Gasteiger charge is 2.40.